The first-order chi connectivity index (χ1) is 9.22. The molecule has 0 unspecified atom stereocenters. The van der Waals surface area contributed by atoms with Crippen LogP contribution in [0.25, 0.3) is 0 Å². The first-order valence-electron chi connectivity index (χ1n) is 7.36. The molecule has 2 saturated heterocycles. The van der Waals surface area contributed by atoms with Gasteiger partial charge in [-0.1, -0.05) is 6.92 Å². The Morgan fingerprint density at radius 3 is 2.47 bits per heavy atom. The van der Waals surface area contributed by atoms with E-state index in [2.05, 4.69) is 47.9 Å². The van der Waals surface area contributed by atoms with E-state index in [-0.39, 0.29) is 0 Å². The van der Waals surface area contributed by atoms with E-state index in [9.17, 15) is 0 Å². The number of fused-ring (bicyclic) bond motifs is 1. The Morgan fingerprint density at radius 1 is 1.16 bits per heavy atom. The van der Waals surface area contributed by atoms with Gasteiger partial charge >= 0.3 is 0 Å². The van der Waals surface area contributed by atoms with E-state index in [1.54, 1.807) is 7.11 Å². The van der Waals surface area contributed by atoms with Crippen molar-refractivity contribution >= 4 is 5.69 Å². The first kappa shape index (κ1) is 12.8. The number of benzene rings is 1. The standard InChI is InChI=1S/C16H24N2O/c1-4-17-9-13-10-18(11-16(13)12(17)2)14-5-7-15(19-3)8-6-14/h5-8,12-13,16H,4,9-11H2,1-3H3/t12-,13-,16-/m0/s1. The first-order valence-corrected chi connectivity index (χ1v) is 7.36. The lowest BCUT2D eigenvalue weighted by Gasteiger charge is -2.26. The van der Waals surface area contributed by atoms with Gasteiger partial charge in [0.15, 0.2) is 0 Å². The van der Waals surface area contributed by atoms with Gasteiger partial charge in [0, 0.05) is 31.4 Å². The van der Waals surface area contributed by atoms with E-state index in [4.69, 9.17) is 4.74 Å². The van der Waals surface area contributed by atoms with Crippen LogP contribution in [-0.4, -0.2) is 44.2 Å². The van der Waals surface area contributed by atoms with Crippen molar-refractivity contribution in [3.63, 3.8) is 0 Å². The number of anilines is 1. The minimum atomic E-state index is 0.734. The Kier molecular flexibility index (Phi) is 3.40. The molecule has 0 aromatic heterocycles. The van der Waals surface area contributed by atoms with Crippen molar-refractivity contribution in [2.24, 2.45) is 11.8 Å². The third-order valence-corrected chi connectivity index (χ3v) is 5.00. The highest BCUT2D eigenvalue weighted by Gasteiger charge is 2.44. The van der Waals surface area contributed by atoms with Crippen LogP contribution >= 0.6 is 0 Å². The number of nitrogens with zero attached hydrogens (tertiary/aromatic N) is 2. The molecular weight excluding hydrogens is 236 g/mol. The van der Waals surface area contributed by atoms with Gasteiger partial charge in [0.05, 0.1) is 7.11 Å². The number of hydrogen-bond acceptors (Lipinski definition) is 3. The summed E-state index contributed by atoms with van der Waals surface area (Å²) >= 11 is 0. The zero-order valence-electron chi connectivity index (χ0n) is 12.2. The number of likely N-dealkylation sites (tertiary alicyclic amines) is 1. The van der Waals surface area contributed by atoms with Gasteiger partial charge in [0.1, 0.15) is 5.75 Å². The fourth-order valence-corrected chi connectivity index (χ4v) is 3.80. The maximum Gasteiger partial charge on any atom is 0.119 e. The fraction of sp³-hybridized carbons (Fsp3) is 0.625. The molecule has 3 nitrogen and oxygen atoms in total. The Balaban J connectivity index is 1.70. The molecule has 2 aliphatic rings. The minimum Gasteiger partial charge on any atom is -0.497 e. The van der Waals surface area contributed by atoms with E-state index in [1.807, 2.05) is 0 Å². The number of methoxy groups -OCH3 is 1. The molecule has 0 spiro atoms. The summed E-state index contributed by atoms with van der Waals surface area (Å²) in [6.45, 7) is 9.54. The highest BCUT2D eigenvalue weighted by molar-refractivity contribution is 5.50. The summed E-state index contributed by atoms with van der Waals surface area (Å²) in [6, 6.07) is 9.22. The van der Waals surface area contributed by atoms with E-state index in [1.165, 1.54) is 31.9 Å². The second-order valence-electron chi connectivity index (χ2n) is 5.86. The molecule has 1 aromatic rings. The van der Waals surface area contributed by atoms with Crippen LogP contribution in [0.5, 0.6) is 5.75 Å². The van der Waals surface area contributed by atoms with Gasteiger partial charge in [-0.25, -0.2) is 0 Å². The van der Waals surface area contributed by atoms with Crippen molar-refractivity contribution in [2.75, 3.05) is 38.2 Å². The van der Waals surface area contributed by atoms with Crippen LogP contribution in [0.15, 0.2) is 24.3 Å². The summed E-state index contributed by atoms with van der Waals surface area (Å²) in [7, 11) is 1.72. The molecular formula is C16H24N2O. The topological polar surface area (TPSA) is 15.7 Å². The smallest absolute Gasteiger partial charge is 0.119 e. The maximum absolute atomic E-state index is 5.23. The summed E-state index contributed by atoms with van der Waals surface area (Å²) < 4.78 is 5.23. The summed E-state index contributed by atoms with van der Waals surface area (Å²) in [4.78, 5) is 5.17. The van der Waals surface area contributed by atoms with E-state index >= 15 is 0 Å². The van der Waals surface area contributed by atoms with Crippen molar-refractivity contribution in [2.45, 2.75) is 19.9 Å². The van der Waals surface area contributed by atoms with Crippen LogP contribution in [0.1, 0.15) is 13.8 Å². The Morgan fingerprint density at radius 2 is 1.89 bits per heavy atom. The molecule has 19 heavy (non-hydrogen) atoms. The average Bonchev–Trinajstić information content (AvgIpc) is 2.99. The highest BCUT2D eigenvalue weighted by atomic mass is 16.5. The van der Waals surface area contributed by atoms with Gasteiger partial charge in [-0.3, -0.25) is 0 Å². The van der Waals surface area contributed by atoms with Gasteiger partial charge in [0.25, 0.3) is 0 Å². The quantitative estimate of drug-likeness (QED) is 0.830. The lowest BCUT2D eigenvalue weighted by Crippen LogP contribution is -2.34. The largest absolute Gasteiger partial charge is 0.497 e. The van der Waals surface area contributed by atoms with Gasteiger partial charge < -0.3 is 14.5 Å². The third-order valence-electron chi connectivity index (χ3n) is 5.00. The molecule has 3 atom stereocenters. The Hall–Kier alpha value is -1.22. The molecule has 0 N–H and O–H groups in total. The van der Waals surface area contributed by atoms with Crippen LogP contribution < -0.4 is 9.64 Å². The van der Waals surface area contributed by atoms with Crippen LogP contribution in [0, 0.1) is 11.8 Å². The lowest BCUT2D eigenvalue weighted by atomic mass is 9.95. The van der Waals surface area contributed by atoms with Crippen LogP contribution in [0.3, 0.4) is 0 Å². The molecule has 3 rings (SSSR count). The predicted octanol–water partition coefficient (Wildman–Crippen LogP) is 2.47. The SMILES string of the molecule is CCN1C[C@H]2CN(c3ccc(OC)cc3)C[C@H]2[C@@H]1C. The number of rotatable bonds is 3. The summed E-state index contributed by atoms with van der Waals surface area (Å²) in [5.74, 6) is 2.62. The average molecular weight is 260 g/mol. The van der Waals surface area contributed by atoms with Gasteiger partial charge in [0.2, 0.25) is 0 Å². The molecule has 2 heterocycles. The monoisotopic (exact) mass is 260 g/mol. The summed E-state index contributed by atoms with van der Waals surface area (Å²) in [6.07, 6.45) is 0. The maximum atomic E-state index is 5.23. The number of hydrogen-bond donors (Lipinski definition) is 0. The molecule has 0 aliphatic carbocycles. The molecule has 3 heteroatoms. The second-order valence-corrected chi connectivity index (χ2v) is 5.86. The Labute approximate surface area is 116 Å². The molecule has 2 fully saturated rings. The summed E-state index contributed by atoms with van der Waals surface area (Å²) in [5.41, 5.74) is 1.34. The van der Waals surface area contributed by atoms with Gasteiger partial charge in [-0.05, 0) is 49.6 Å². The summed E-state index contributed by atoms with van der Waals surface area (Å²) in [5, 5.41) is 0. The van der Waals surface area contributed by atoms with Crippen molar-refractivity contribution < 1.29 is 4.74 Å². The van der Waals surface area contributed by atoms with E-state index < -0.39 is 0 Å². The molecule has 1 aromatic carbocycles. The zero-order valence-corrected chi connectivity index (χ0v) is 12.2. The fourth-order valence-electron chi connectivity index (χ4n) is 3.80. The molecule has 104 valence electrons. The Bertz CT molecular complexity index is 431. The lowest BCUT2D eigenvalue weighted by molar-refractivity contribution is 0.255. The molecule has 2 aliphatic heterocycles. The molecule has 0 amide bonds. The predicted molar refractivity (Wildman–Crippen MR) is 78.9 cm³/mol. The number of ether oxygens (including phenoxy) is 1. The van der Waals surface area contributed by atoms with Crippen molar-refractivity contribution in [1.82, 2.24) is 4.90 Å². The molecule has 0 radical (unpaired) electrons. The van der Waals surface area contributed by atoms with Crippen molar-refractivity contribution in [3.8, 4) is 5.75 Å². The second kappa shape index (κ2) is 5.04. The minimum absolute atomic E-state index is 0.734. The van der Waals surface area contributed by atoms with Crippen LogP contribution in [0.2, 0.25) is 0 Å². The zero-order chi connectivity index (χ0) is 13.4. The molecule has 0 bridgehead atoms. The van der Waals surface area contributed by atoms with Gasteiger partial charge in [-0.2, -0.15) is 0 Å². The third kappa shape index (κ3) is 2.20. The van der Waals surface area contributed by atoms with Crippen molar-refractivity contribution in [1.29, 1.82) is 0 Å². The highest BCUT2D eigenvalue weighted by Crippen LogP contribution is 2.38. The normalized spacial score (nSPS) is 30.7. The van der Waals surface area contributed by atoms with Crippen LogP contribution in [-0.2, 0) is 0 Å². The van der Waals surface area contributed by atoms with E-state index in [0.717, 1.165) is 23.6 Å². The molecule has 0 saturated carbocycles. The van der Waals surface area contributed by atoms with Crippen molar-refractivity contribution in [3.05, 3.63) is 24.3 Å². The van der Waals surface area contributed by atoms with E-state index in [0.29, 0.717) is 0 Å². The van der Waals surface area contributed by atoms with Crippen LogP contribution in [0.4, 0.5) is 5.69 Å². The van der Waals surface area contributed by atoms with Gasteiger partial charge in [-0.15, -0.1) is 0 Å².